The highest BCUT2D eigenvalue weighted by Gasteiger charge is 2.55. The smallest absolute Gasteiger partial charge is 0.316 e. The predicted molar refractivity (Wildman–Crippen MR) is 107 cm³/mol. The number of hydrogen-bond acceptors (Lipinski definition) is 5. The molecule has 1 aromatic rings. The molecule has 6 saturated carbocycles. The monoisotopic (exact) mass is 433 g/mol. The lowest BCUT2D eigenvalue weighted by Crippen LogP contribution is -2.61. The third-order valence-corrected chi connectivity index (χ3v) is 8.38. The van der Waals surface area contributed by atoms with Gasteiger partial charge in [0.05, 0.1) is 16.9 Å². The fraction of sp³-hybridized carbons (Fsp3) is 0.783. The quantitative estimate of drug-likeness (QED) is 0.741. The van der Waals surface area contributed by atoms with Crippen molar-refractivity contribution < 1.29 is 23.4 Å². The first kappa shape index (κ1) is 19.8. The Hall–Kier alpha value is -1.83. The summed E-state index contributed by atoms with van der Waals surface area (Å²) in [4.78, 5) is 21.9. The van der Waals surface area contributed by atoms with Gasteiger partial charge in [-0.3, -0.25) is 4.79 Å². The lowest BCUT2D eigenvalue weighted by molar-refractivity contribution is -0.136. The third kappa shape index (κ3) is 3.51. The van der Waals surface area contributed by atoms with Crippen LogP contribution in [0.1, 0.15) is 86.2 Å². The number of aliphatic hydroxyl groups is 1. The van der Waals surface area contributed by atoms with Gasteiger partial charge in [-0.1, -0.05) is 0 Å². The summed E-state index contributed by atoms with van der Waals surface area (Å²) < 4.78 is 32.9. The van der Waals surface area contributed by atoms with Crippen LogP contribution in [0.25, 0.3) is 0 Å². The standard InChI is InChI=1S/C23H29F2N3O3/c24-23(25)9-15(10-23)19-17(11-26-21(28-19)31-16-2-1-3-16)20(29)27-18-13-4-12-5-14(18)8-22(30,6-12)7-13/h11-16,18,30H,1-10H2,(H,27,29)/t12?,13?,14?,18-,22+. The first-order valence-corrected chi connectivity index (χ1v) is 11.7. The van der Waals surface area contributed by atoms with Gasteiger partial charge in [-0.15, -0.1) is 0 Å². The Bertz CT molecular complexity index is 882. The van der Waals surface area contributed by atoms with Crippen LogP contribution >= 0.6 is 0 Å². The molecule has 1 heterocycles. The Morgan fingerprint density at radius 2 is 1.84 bits per heavy atom. The summed E-state index contributed by atoms with van der Waals surface area (Å²) in [5, 5.41) is 14.0. The van der Waals surface area contributed by atoms with E-state index in [0.717, 1.165) is 51.4 Å². The van der Waals surface area contributed by atoms with Gasteiger partial charge in [-0.2, -0.15) is 4.98 Å². The van der Waals surface area contributed by atoms with Crippen molar-refractivity contribution >= 4 is 5.91 Å². The topological polar surface area (TPSA) is 84.3 Å². The van der Waals surface area contributed by atoms with E-state index >= 15 is 0 Å². The van der Waals surface area contributed by atoms with Crippen LogP contribution in [-0.4, -0.2) is 44.7 Å². The minimum atomic E-state index is -2.70. The molecule has 1 amide bonds. The minimum absolute atomic E-state index is 0.0194. The Morgan fingerprint density at radius 1 is 1.13 bits per heavy atom. The van der Waals surface area contributed by atoms with E-state index in [1.807, 2.05) is 0 Å². The molecule has 6 aliphatic rings. The Kier molecular flexibility index (Phi) is 4.37. The number of alkyl halides is 2. The molecule has 0 spiro atoms. The van der Waals surface area contributed by atoms with Gasteiger partial charge < -0.3 is 15.2 Å². The largest absolute Gasteiger partial charge is 0.460 e. The lowest BCUT2D eigenvalue weighted by Gasteiger charge is -2.58. The zero-order valence-corrected chi connectivity index (χ0v) is 17.5. The second kappa shape index (κ2) is 6.83. The highest BCUT2D eigenvalue weighted by Crippen LogP contribution is 2.56. The van der Waals surface area contributed by atoms with Crippen molar-refractivity contribution in [3.8, 4) is 6.01 Å². The Labute approximate surface area is 180 Å². The summed E-state index contributed by atoms with van der Waals surface area (Å²) in [5.74, 6) is -2.34. The van der Waals surface area contributed by atoms with Crippen molar-refractivity contribution in [1.82, 2.24) is 15.3 Å². The fourth-order valence-electron chi connectivity index (χ4n) is 6.86. The van der Waals surface area contributed by atoms with E-state index in [1.165, 1.54) is 6.20 Å². The number of carbonyl (C=O) groups excluding carboxylic acids is 1. The van der Waals surface area contributed by atoms with Crippen LogP contribution in [0.3, 0.4) is 0 Å². The molecule has 6 aliphatic carbocycles. The van der Waals surface area contributed by atoms with Gasteiger partial charge in [0.1, 0.15) is 6.10 Å². The van der Waals surface area contributed by atoms with E-state index in [1.54, 1.807) is 0 Å². The SMILES string of the molecule is O=C(N[C@H]1C2CC3CC1C[C@@](O)(C3)C2)c1cnc(OC2CCC2)nc1C1CC(F)(F)C1. The normalized spacial score (nSPS) is 38.4. The first-order chi connectivity index (χ1) is 14.8. The van der Waals surface area contributed by atoms with Crippen LogP contribution < -0.4 is 10.1 Å². The fourth-order valence-corrected chi connectivity index (χ4v) is 6.86. The number of aromatic nitrogens is 2. The third-order valence-electron chi connectivity index (χ3n) is 8.38. The molecule has 8 heteroatoms. The molecule has 0 aliphatic heterocycles. The average Bonchev–Trinajstić information content (AvgIpc) is 2.64. The van der Waals surface area contributed by atoms with Gasteiger partial charge in [0, 0.05) is 31.0 Å². The van der Waals surface area contributed by atoms with Crippen LogP contribution in [0, 0.1) is 17.8 Å². The summed E-state index contributed by atoms with van der Waals surface area (Å²) in [6, 6.07) is 0.203. The van der Waals surface area contributed by atoms with E-state index in [4.69, 9.17) is 4.74 Å². The van der Waals surface area contributed by atoms with Gasteiger partial charge in [0.2, 0.25) is 5.92 Å². The van der Waals surface area contributed by atoms with Gasteiger partial charge in [-0.25, -0.2) is 13.8 Å². The second-order valence-corrected chi connectivity index (χ2v) is 10.8. The van der Waals surface area contributed by atoms with Crippen molar-refractivity contribution in [2.75, 3.05) is 0 Å². The molecule has 4 bridgehead atoms. The van der Waals surface area contributed by atoms with Gasteiger partial charge in [0.25, 0.3) is 5.91 Å². The number of amides is 1. The molecule has 0 aromatic carbocycles. The molecule has 1 aromatic heterocycles. The molecule has 0 radical (unpaired) electrons. The van der Waals surface area contributed by atoms with Crippen LogP contribution in [0.15, 0.2) is 6.20 Å². The summed E-state index contributed by atoms with van der Waals surface area (Å²) in [6.45, 7) is 0. The van der Waals surface area contributed by atoms with Gasteiger partial charge in [0.15, 0.2) is 0 Å². The zero-order chi connectivity index (χ0) is 21.4. The highest BCUT2D eigenvalue weighted by molar-refractivity contribution is 5.95. The summed E-state index contributed by atoms with van der Waals surface area (Å²) in [6.07, 6.45) is 8.36. The van der Waals surface area contributed by atoms with E-state index in [-0.39, 0.29) is 54.3 Å². The number of nitrogens with zero attached hydrogens (tertiary/aromatic N) is 2. The van der Waals surface area contributed by atoms with E-state index in [2.05, 4.69) is 15.3 Å². The minimum Gasteiger partial charge on any atom is -0.460 e. The second-order valence-electron chi connectivity index (χ2n) is 10.8. The van der Waals surface area contributed by atoms with E-state index in [0.29, 0.717) is 11.6 Å². The molecular formula is C23H29F2N3O3. The zero-order valence-electron chi connectivity index (χ0n) is 17.5. The number of rotatable bonds is 5. The number of hydrogen-bond donors (Lipinski definition) is 2. The van der Waals surface area contributed by atoms with Crippen molar-refractivity contribution in [3.63, 3.8) is 0 Å². The molecule has 6 fully saturated rings. The Balaban J connectivity index is 1.23. The number of carbonyl (C=O) groups is 1. The van der Waals surface area contributed by atoms with Crippen LogP contribution in [0.4, 0.5) is 8.78 Å². The van der Waals surface area contributed by atoms with Gasteiger partial charge in [-0.05, 0) is 69.1 Å². The molecule has 6 nitrogen and oxygen atoms in total. The van der Waals surface area contributed by atoms with Crippen molar-refractivity contribution in [1.29, 1.82) is 0 Å². The summed E-state index contributed by atoms with van der Waals surface area (Å²) in [7, 11) is 0. The average molecular weight is 433 g/mol. The molecule has 168 valence electrons. The molecule has 0 saturated heterocycles. The maximum Gasteiger partial charge on any atom is 0.316 e. The molecule has 2 N–H and O–H groups in total. The number of halogens is 2. The van der Waals surface area contributed by atoms with E-state index < -0.39 is 17.4 Å². The van der Waals surface area contributed by atoms with Crippen LogP contribution in [-0.2, 0) is 0 Å². The molecule has 2 unspecified atom stereocenters. The predicted octanol–water partition coefficient (Wildman–Crippen LogP) is 3.59. The van der Waals surface area contributed by atoms with Crippen molar-refractivity contribution in [3.05, 3.63) is 17.5 Å². The summed E-state index contributed by atoms with van der Waals surface area (Å²) in [5.41, 5.74) is 0.105. The first-order valence-electron chi connectivity index (χ1n) is 11.7. The number of nitrogens with one attached hydrogen (secondary N) is 1. The van der Waals surface area contributed by atoms with Crippen molar-refractivity contribution in [2.24, 2.45) is 17.8 Å². The summed E-state index contributed by atoms with van der Waals surface area (Å²) >= 11 is 0. The lowest BCUT2D eigenvalue weighted by atomic mass is 9.52. The molecule has 7 rings (SSSR count). The van der Waals surface area contributed by atoms with Gasteiger partial charge >= 0.3 is 6.01 Å². The molecule has 31 heavy (non-hydrogen) atoms. The highest BCUT2D eigenvalue weighted by atomic mass is 19.3. The van der Waals surface area contributed by atoms with Crippen LogP contribution in [0.2, 0.25) is 0 Å². The Morgan fingerprint density at radius 3 is 2.42 bits per heavy atom. The maximum atomic E-state index is 13.6. The maximum absolute atomic E-state index is 13.6. The van der Waals surface area contributed by atoms with E-state index in [9.17, 15) is 18.7 Å². The van der Waals surface area contributed by atoms with Crippen LogP contribution in [0.5, 0.6) is 6.01 Å². The van der Waals surface area contributed by atoms with Crippen molar-refractivity contribution in [2.45, 2.75) is 93.8 Å². The molecule has 2 atom stereocenters. The number of ether oxygens (including phenoxy) is 1. The molecular weight excluding hydrogens is 404 g/mol.